The van der Waals surface area contributed by atoms with E-state index >= 15 is 0 Å². The highest BCUT2D eigenvalue weighted by molar-refractivity contribution is 5.86. The average Bonchev–Trinajstić information content (AvgIpc) is 3.03. The zero-order valence-corrected chi connectivity index (χ0v) is 19.0. The van der Waals surface area contributed by atoms with Gasteiger partial charge in [-0.3, -0.25) is 14.5 Å². The molecule has 1 N–H and O–H groups in total. The number of benzene rings is 1. The number of likely N-dealkylation sites (tertiary alicyclic amines) is 1. The number of carbonyl (C=O) groups excluding carboxylic acids is 2. The Morgan fingerprint density at radius 3 is 2.48 bits per heavy atom. The molecule has 2 amide bonds. The van der Waals surface area contributed by atoms with E-state index in [9.17, 15) is 9.59 Å². The number of para-hydroxylation sites is 1. The van der Waals surface area contributed by atoms with Crippen LogP contribution in [0.15, 0.2) is 30.3 Å². The van der Waals surface area contributed by atoms with Gasteiger partial charge >= 0.3 is 0 Å². The minimum Gasteiger partial charge on any atom is -0.353 e. The fourth-order valence-electron chi connectivity index (χ4n) is 5.24. The van der Waals surface area contributed by atoms with E-state index < -0.39 is 6.04 Å². The molecule has 0 radical (unpaired) electrons. The Bertz CT molecular complexity index is 944. The van der Waals surface area contributed by atoms with Crippen molar-refractivity contribution in [1.82, 2.24) is 24.9 Å². The van der Waals surface area contributed by atoms with Gasteiger partial charge in [0.2, 0.25) is 11.8 Å². The van der Waals surface area contributed by atoms with Crippen LogP contribution >= 0.6 is 0 Å². The molecule has 31 heavy (non-hydrogen) atoms. The summed E-state index contributed by atoms with van der Waals surface area (Å²) in [6, 6.07) is 9.92. The molecule has 166 valence electrons. The highest BCUT2D eigenvalue weighted by Gasteiger charge is 2.38. The zero-order valence-electron chi connectivity index (χ0n) is 19.0. The van der Waals surface area contributed by atoms with Crippen molar-refractivity contribution in [2.45, 2.75) is 65.1 Å². The van der Waals surface area contributed by atoms with Gasteiger partial charge in [0.25, 0.3) is 0 Å². The summed E-state index contributed by atoms with van der Waals surface area (Å²) in [5, 5.41) is 7.72. The Morgan fingerprint density at radius 1 is 1.13 bits per heavy atom. The molecule has 0 unspecified atom stereocenters. The van der Waals surface area contributed by atoms with E-state index in [4.69, 9.17) is 5.10 Å². The second-order valence-corrected chi connectivity index (χ2v) is 8.93. The van der Waals surface area contributed by atoms with Crippen LogP contribution < -0.4 is 5.32 Å². The molecule has 1 aromatic heterocycles. The summed E-state index contributed by atoms with van der Waals surface area (Å²) in [6.45, 7) is 9.66. The van der Waals surface area contributed by atoms with Crippen molar-refractivity contribution in [2.75, 3.05) is 19.6 Å². The molecule has 0 aliphatic carbocycles. The van der Waals surface area contributed by atoms with Crippen LogP contribution in [0.2, 0.25) is 0 Å². The fourth-order valence-corrected chi connectivity index (χ4v) is 5.24. The highest BCUT2D eigenvalue weighted by Crippen LogP contribution is 2.31. The molecule has 0 bridgehead atoms. The molecule has 0 saturated carbocycles. The minimum absolute atomic E-state index is 0.0578. The maximum Gasteiger partial charge on any atom is 0.242 e. The van der Waals surface area contributed by atoms with Gasteiger partial charge in [0.15, 0.2) is 0 Å². The monoisotopic (exact) mass is 423 g/mol. The van der Waals surface area contributed by atoms with Crippen molar-refractivity contribution in [3.8, 4) is 5.69 Å². The molecule has 2 saturated heterocycles. The van der Waals surface area contributed by atoms with Crippen LogP contribution in [0.4, 0.5) is 0 Å². The Labute approximate surface area is 184 Å². The van der Waals surface area contributed by atoms with Crippen LogP contribution in [0.25, 0.3) is 5.69 Å². The van der Waals surface area contributed by atoms with Crippen molar-refractivity contribution in [3.05, 3.63) is 47.3 Å². The molecule has 7 heteroatoms. The van der Waals surface area contributed by atoms with Gasteiger partial charge in [0.1, 0.15) is 6.04 Å². The van der Waals surface area contributed by atoms with Gasteiger partial charge in [-0.1, -0.05) is 18.2 Å². The molecular weight excluding hydrogens is 390 g/mol. The summed E-state index contributed by atoms with van der Waals surface area (Å²) >= 11 is 0. The number of nitrogens with one attached hydrogen (secondary N) is 1. The van der Waals surface area contributed by atoms with Crippen molar-refractivity contribution in [1.29, 1.82) is 0 Å². The Balaban J connectivity index is 1.64. The van der Waals surface area contributed by atoms with Crippen LogP contribution in [0.1, 0.15) is 56.1 Å². The number of hydrogen-bond donors (Lipinski definition) is 1. The van der Waals surface area contributed by atoms with Gasteiger partial charge in [0, 0.05) is 36.4 Å². The molecule has 1 aromatic carbocycles. The number of amides is 2. The van der Waals surface area contributed by atoms with Crippen LogP contribution in [0, 0.1) is 13.8 Å². The largest absolute Gasteiger partial charge is 0.353 e. The number of piperazine rings is 1. The number of nitrogens with zero attached hydrogens (tertiary/aromatic N) is 4. The average molecular weight is 424 g/mol. The van der Waals surface area contributed by atoms with Gasteiger partial charge in [-0.05, 0) is 59.1 Å². The van der Waals surface area contributed by atoms with E-state index in [0.29, 0.717) is 13.1 Å². The molecular formula is C24H33N5O2. The molecule has 7 nitrogen and oxygen atoms in total. The maximum absolute atomic E-state index is 13.3. The van der Waals surface area contributed by atoms with Gasteiger partial charge in [0.05, 0.1) is 17.9 Å². The first-order valence-electron chi connectivity index (χ1n) is 11.3. The lowest BCUT2D eigenvalue weighted by atomic mass is 9.96. The van der Waals surface area contributed by atoms with Gasteiger partial charge in [-0.2, -0.15) is 5.10 Å². The first-order valence-corrected chi connectivity index (χ1v) is 11.3. The first kappa shape index (κ1) is 21.6. The van der Waals surface area contributed by atoms with Crippen LogP contribution in [0.3, 0.4) is 0 Å². The predicted octanol–water partition coefficient (Wildman–Crippen LogP) is 2.75. The molecule has 3 atom stereocenters. The van der Waals surface area contributed by atoms with Gasteiger partial charge in [-0.15, -0.1) is 0 Å². The predicted molar refractivity (Wildman–Crippen MR) is 120 cm³/mol. The minimum atomic E-state index is -0.509. The third-order valence-electron chi connectivity index (χ3n) is 6.75. The van der Waals surface area contributed by atoms with E-state index in [1.807, 2.05) is 58.7 Å². The fraction of sp³-hybridized carbons (Fsp3) is 0.542. The third kappa shape index (κ3) is 4.11. The standard InChI is InChI=1S/C24H33N5O2/c1-16-9-8-10-17(2)28(16)21(30)15-27-14-13-25-24(31)23(27)22-18(3)26-29(19(22)4)20-11-6-5-7-12-20/h5-7,11-12,16-17,23H,8-10,13-15H2,1-4H3,(H,25,31)/t16-,17-,23+/m0/s1. The summed E-state index contributed by atoms with van der Waals surface area (Å²) in [5.41, 5.74) is 3.61. The Kier molecular flexibility index (Phi) is 6.14. The molecule has 3 heterocycles. The highest BCUT2D eigenvalue weighted by atomic mass is 16.2. The topological polar surface area (TPSA) is 70.5 Å². The van der Waals surface area contributed by atoms with Crippen molar-refractivity contribution in [2.24, 2.45) is 0 Å². The number of rotatable bonds is 4. The lowest BCUT2D eigenvalue weighted by Gasteiger charge is -2.42. The summed E-state index contributed by atoms with van der Waals surface area (Å²) in [7, 11) is 0. The van der Waals surface area contributed by atoms with E-state index in [2.05, 4.69) is 19.2 Å². The summed E-state index contributed by atoms with van der Waals surface area (Å²) in [5.74, 6) is 0.0581. The van der Waals surface area contributed by atoms with E-state index in [-0.39, 0.29) is 30.4 Å². The van der Waals surface area contributed by atoms with E-state index in [1.54, 1.807) is 0 Å². The van der Waals surface area contributed by atoms with E-state index in [1.165, 1.54) is 0 Å². The van der Waals surface area contributed by atoms with Gasteiger partial charge in [-0.25, -0.2) is 4.68 Å². The third-order valence-corrected chi connectivity index (χ3v) is 6.75. The number of hydrogen-bond acceptors (Lipinski definition) is 4. The van der Waals surface area contributed by atoms with Crippen LogP contribution in [0.5, 0.6) is 0 Å². The summed E-state index contributed by atoms with van der Waals surface area (Å²) in [4.78, 5) is 30.4. The zero-order chi connectivity index (χ0) is 22.1. The molecule has 4 rings (SSSR count). The van der Waals surface area contributed by atoms with Crippen LogP contribution in [-0.2, 0) is 9.59 Å². The molecule has 2 aliphatic rings. The lowest BCUT2D eigenvalue weighted by Crippen LogP contribution is -2.56. The molecule has 2 fully saturated rings. The second-order valence-electron chi connectivity index (χ2n) is 8.93. The Morgan fingerprint density at radius 2 is 1.81 bits per heavy atom. The second kappa shape index (κ2) is 8.83. The SMILES string of the molecule is Cc1nn(-c2ccccc2)c(C)c1[C@@H]1C(=O)NCCN1CC(=O)N1[C@@H](C)CCC[C@@H]1C. The quantitative estimate of drug-likeness (QED) is 0.821. The number of aryl methyl sites for hydroxylation is 1. The number of carbonyl (C=O) groups is 2. The maximum atomic E-state index is 13.3. The van der Waals surface area contributed by atoms with Crippen molar-refractivity contribution >= 4 is 11.8 Å². The lowest BCUT2D eigenvalue weighted by molar-refractivity contribution is -0.141. The molecule has 2 aromatic rings. The van der Waals surface area contributed by atoms with Crippen molar-refractivity contribution < 1.29 is 9.59 Å². The molecule has 0 spiro atoms. The van der Waals surface area contributed by atoms with E-state index in [0.717, 1.165) is 41.9 Å². The number of aromatic nitrogens is 2. The smallest absolute Gasteiger partial charge is 0.242 e. The van der Waals surface area contributed by atoms with Gasteiger partial charge < -0.3 is 10.2 Å². The van der Waals surface area contributed by atoms with Crippen LogP contribution in [-0.4, -0.2) is 63.1 Å². The molecule has 2 aliphatic heterocycles. The number of piperidine rings is 1. The van der Waals surface area contributed by atoms with Crippen molar-refractivity contribution in [3.63, 3.8) is 0 Å². The normalized spacial score (nSPS) is 24.8. The summed E-state index contributed by atoms with van der Waals surface area (Å²) < 4.78 is 1.89. The summed E-state index contributed by atoms with van der Waals surface area (Å²) in [6.07, 6.45) is 3.25. The Hall–Kier alpha value is -2.67. The first-order chi connectivity index (χ1) is 14.9.